The first kappa shape index (κ1) is 17.3. The SMILES string of the molecule is CC(CC(O)O)Nc1nc(-c2ccccc2Cl)c2ccc(=O)[nH]c2n1. The smallest absolute Gasteiger partial charge is 0.249 e. The van der Waals surface area contributed by atoms with Crippen molar-refractivity contribution in [2.75, 3.05) is 5.32 Å². The van der Waals surface area contributed by atoms with Gasteiger partial charge in [0.15, 0.2) is 6.29 Å². The highest BCUT2D eigenvalue weighted by atomic mass is 35.5. The van der Waals surface area contributed by atoms with Crippen LogP contribution in [0, 0.1) is 0 Å². The molecule has 0 saturated carbocycles. The third-order valence-electron chi connectivity index (χ3n) is 3.66. The van der Waals surface area contributed by atoms with E-state index in [1.165, 1.54) is 6.07 Å². The van der Waals surface area contributed by atoms with E-state index < -0.39 is 6.29 Å². The molecule has 3 rings (SSSR count). The summed E-state index contributed by atoms with van der Waals surface area (Å²) < 4.78 is 0. The Kier molecular flexibility index (Phi) is 4.98. The highest BCUT2D eigenvalue weighted by Crippen LogP contribution is 2.31. The van der Waals surface area contributed by atoms with Gasteiger partial charge in [0.2, 0.25) is 11.5 Å². The van der Waals surface area contributed by atoms with Gasteiger partial charge < -0.3 is 20.5 Å². The van der Waals surface area contributed by atoms with Gasteiger partial charge in [0.05, 0.1) is 5.69 Å². The molecule has 3 aromatic rings. The number of hydrogen-bond acceptors (Lipinski definition) is 6. The first-order valence-corrected chi connectivity index (χ1v) is 8.10. The van der Waals surface area contributed by atoms with E-state index in [1.54, 1.807) is 19.1 Å². The van der Waals surface area contributed by atoms with Crippen LogP contribution in [0.25, 0.3) is 22.3 Å². The predicted molar refractivity (Wildman–Crippen MR) is 96.5 cm³/mol. The van der Waals surface area contributed by atoms with Crippen molar-refractivity contribution in [1.82, 2.24) is 15.0 Å². The number of nitrogens with zero attached hydrogens (tertiary/aromatic N) is 2. The van der Waals surface area contributed by atoms with Crippen LogP contribution < -0.4 is 10.9 Å². The second-order valence-corrected chi connectivity index (χ2v) is 6.13. The number of hydrogen-bond donors (Lipinski definition) is 4. The fourth-order valence-corrected chi connectivity index (χ4v) is 2.78. The highest BCUT2D eigenvalue weighted by Gasteiger charge is 2.15. The molecule has 0 radical (unpaired) electrons. The Hall–Kier alpha value is -2.48. The van der Waals surface area contributed by atoms with Gasteiger partial charge in [-0.25, -0.2) is 4.98 Å². The number of aromatic amines is 1. The summed E-state index contributed by atoms with van der Waals surface area (Å²) >= 11 is 6.30. The van der Waals surface area contributed by atoms with Crippen LogP contribution in [0.4, 0.5) is 5.95 Å². The summed E-state index contributed by atoms with van der Waals surface area (Å²) in [5.41, 5.74) is 1.38. The molecule has 0 bridgehead atoms. The second kappa shape index (κ2) is 7.18. The Morgan fingerprint density at radius 1 is 1.20 bits per heavy atom. The quantitative estimate of drug-likeness (QED) is 0.519. The average molecular weight is 361 g/mol. The minimum absolute atomic E-state index is 0.105. The monoisotopic (exact) mass is 360 g/mol. The molecule has 1 unspecified atom stereocenters. The van der Waals surface area contributed by atoms with Crippen LogP contribution in [0.1, 0.15) is 13.3 Å². The van der Waals surface area contributed by atoms with Crippen molar-refractivity contribution in [2.45, 2.75) is 25.7 Å². The van der Waals surface area contributed by atoms with Crippen LogP contribution in [-0.4, -0.2) is 37.5 Å². The molecule has 1 atom stereocenters. The second-order valence-electron chi connectivity index (χ2n) is 5.72. The van der Waals surface area contributed by atoms with Crippen LogP contribution in [0.5, 0.6) is 0 Å². The molecule has 0 aliphatic rings. The lowest BCUT2D eigenvalue weighted by molar-refractivity contribution is -0.0471. The fraction of sp³-hybridized carbons (Fsp3) is 0.235. The number of pyridine rings is 1. The van der Waals surface area contributed by atoms with Crippen LogP contribution in [0.3, 0.4) is 0 Å². The number of H-pyrrole nitrogens is 1. The molecule has 130 valence electrons. The lowest BCUT2D eigenvalue weighted by atomic mass is 10.1. The predicted octanol–water partition coefficient (Wildman–Crippen LogP) is 2.14. The van der Waals surface area contributed by atoms with Crippen molar-refractivity contribution < 1.29 is 10.2 Å². The minimum atomic E-state index is -1.44. The number of fused-ring (bicyclic) bond motifs is 1. The molecule has 0 amide bonds. The molecule has 25 heavy (non-hydrogen) atoms. The van der Waals surface area contributed by atoms with Crippen molar-refractivity contribution in [2.24, 2.45) is 0 Å². The van der Waals surface area contributed by atoms with Gasteiger partial charge in [-0.3, -0.25) is 4.79 Å². The number of aliphatic hydroxyl groups excluding tert-OH is 1. The highest BCUT2D eigenvalue weighted by molar-refractivity contribution is 6.33. The molecule has 1 aromatic carbocycles. The first-order chi connectivity index (χ1) is 11.9. The number of benzene rings is 1. The molecule has 8 heteroatoms. The standard InChI is InChI=1S/C17H17ClN4O3/c1-9(8-14(24)25)19-17-21-15(10-4-2-3-5-12(10)18)11-6-7-13(23)20-16(11)22-17/h2-7,9,14,24-25H,8H2,1H3,(H2,19,20,21,22,23). The van der Waals surface area contributed by atoms with Gasteiger partial charge in [-0.05, 0) is 19.1 Å². The number of rotatable bonds is 5. The number of aliphatic hydroxyl groups is 2. The zero-order chi connectivity index (χ0) is 18.0. The molecule has 0 saturated heterocycles. The summed E-state index contributed by atoms with van der Waals surface area (Å²) in [5.74, 6) is 0.261. The summed E-state index contributed by atoms with van der Waals surface area (Å²) in [5, 5.41) is 22.4. The van der Waals surface area contributed by atoms with Crippen LogP contribution >= 0.6 is 11.6 Å². The zero-order valence-corrected chi connectivity index (χ0v) is 14.2. The van der Waals surface area contributed by atoms with E-state index in [1.807, 2.05) is 18.2 Å². The van der Waals surface area contributed by atoms with Crippen molar-refractivity contribution in [1.29, 1.82) is 0 Å². The van der Waals surface area contributed by atoms with Gasteiger partial charge >= 0.3 is 0 Å². The van der Waals surface area contributed by atoms with E-state index in [2.05, 4.69) is 20.3 Å². The van der Waals surface area contributed by atoms with Crippen LogP contribution in [0.15, 0.2) is 41.2 Å². The number of nitrogens with one attached hydrogen (secondary N) is 2. The lowest BCUT2D eigenvalue weighted by Gasteiger charge is -2.16. The van der Waals surface area contributed by atoms with E-state index in [0.29, 0.717) is 27.3 Å². The van der Waals surface area contributed by atoms with Crippen LogP contribution in [-0.2, 0) is 0 Å². The van der Waals surface area contributed by atoms with Gasteiger partial charge in [-0.1, -0.05) is 29.8 Å². The van der Waals surface area contributed by atoms with Crippen LogP contribution in [0.2, 0.25) is 5.02 Å². The van der Waals surface area contributed by atoms with Crippen molar-refractivity contribution in [3.05, 3.63) is 51.8 Å². The summed E-state index contributed by atoms with van der Waals surface area (Å²) in [6, 6.07) is 10.0. The summed E-state index contributed by atoms with van der Waals surface area (Å²) in [4.78, 5) is 23.2. The summed E-state index contributed by atoms with van der Waals surface area (Å²) in [6.07, 6.45) is -1.33. The van der Waals surface area contributed by atoms with Crippen molar-refractivity contribution in [3.63, 3.8) is 0 Å². The molecule has 0 aliphatic carbocycles. The normalized spacial score (nSPS) is 12.5. The van der Waals surface area contributed by atoms with E-state index in [-0.39, 0.29) is 24.0 Å². The largest absolute Gasteiger partial charge is 0.368 e. The maximum absolute atomic E-state index is 11.6. The Morgan fingerprint density at radius 2 is 1.96 bits per heavy atom. The Bertz CT molecular complexity index is 958. The van der Waals surface area contributed by atoms with E-state index in [0.717, 1.165) is 0 Å². The molecule has 2 aromatic heterocycles. The molecular weight excluding hydrogens is 344 g/mol. The Balaban J connectivity index is 2.14. The average Bonchev–Trinajstić information content (AvgIpc) is 2.53. The first-order valence-electron chi connectivity index (χ1n) is 7.72. The van der Waals surface area contributed by atoms with Gasteiger partial charge in [0.25, 0.3) is 0 Å². The summed E-state index contributed by atoms with van der Waals surface area (Å²) in [6.45, 7) is 1.77. The fourth-order valence-electron chi connectivity index (χ4n) is 2.56. The number of aromatic nitrogens is 3. The van der Waals surface area contributed by atoms with Gasteiger partial charge in [0, 0.05) is 34.5 Å². The lowest BCUT2D eigenvalue weighted by Crippen LogP contribution is -2.23. The number of anilines is 1. The molecule has 7 nitrogen and oxygen atoms in total. The maximum atomic E-state index is 11.6. The van der Waals surface area contributed by atoms with Crippen molar-refractivity contribution in [3.8, 4) is 11.3 Å². The molecule has 0 aliphatic heterocycles. The molecule has 4 N–H and O–H groups in total. The third-order valence-corrected chi connectivity index (χ3v) is 3.99. The van der Waals surface area contributed by atoms with Crippen molar-refractivity contribution >= 4 is 28.6 Å². The number of halogens is 1. The van der Waals surface area contributed by atoms with Gasteiger partial charge in [-0.15, -0.1) is 0 Å². The molecule has 0 fully saturated rings. The molecular formula is C17H17ClN4O3. The van der Waals surface area contributed by atoms with Gasteiger partial charge in [0.1, 0.15) is 5.65 Å². The van der Waals surface area contributed by atoms with Gasteiger partial charge in [-0.2, -0.15) is 4.98 Å². The minimum Gasteiger partial charge on any atom is -0.368 e. The molecule has 0 spiro atoms. The van der Waals surface area contributed by atoms with E-state index in [4.69, 9.17) is 21.8 Å². The summed E-state index contributed by atoms with van der Waals surface area (Å²) in [7, 11) is 0. The zero-order valence-electron chi connectivity index (χ0n) is 13.4. The van der Waals surface area contributed by atoms with E-state index in [9.17, 15) is 4.79 Å². The molecule has 2 heterocycles. The third kappa shape index (κ3) is 3.96. The maximum Gasteiger partial charge on any atom is 0.249 e. The Labute approximate surface area is 148 Å². The van der Waals surface area contributed by atoms with E-state index >= 15 is 0 Å². The topological polar surface area (TPSA) is 111 Å². The Morgan fingerprint density at radius 3 is 2.68 bits per heavy atom.